The number of rotatable bonds is 2. The minimum Gasteiger partial charge on any atom is -0.309 e. The molecule has 11 rings (SSSR count). The van der Waals surface area contributed by atoms with Gasteiger partial charge in [0.15, 0.2) is 5.65 Å². The molecule has 46 heavy (non-hydrogen) atoms. The van der Waals surface area contributed by atoms with Crippen molar-refractivity contribution in [3.8, 4) is 16.8 Å². The van der Waals surface area contributed by atoms with E-state index >= 15 is 0 Å². The molecular weight excluding hydrogens is 560 g/mol. The highest BCUT2D eigenvalue weighted by atomic mass is 15.0. The zero-order valence-electron chi connectivity index (χ0n) is 24.6. The summed E-state index contributed by atoms with van der Waals surface area (Å²) in [7, 11) is 0. The lowest BCUT2D eigenvalue weighted by atomic mass is 9.99. The van der Waals surface area contributed by atoms with Gasteiger partial charge in [-0.2, -0.15) is 0 Å². The Morgan fingerprint density at radius 1 is 0.413 bits per heavy atom. The van der Waals surface area contributed by atoms with Crippen molar-refractivity contribution < 1.29 is 0 Å². The molecule has 0 aliphatic carbocycles. The summed E-state index contributed by atoms with van der Waals surface area (Å²) < 4.78 is 4.73. The van der Waals surface area contributed by atoms with Gasteiger partial charge in [0.1, 0.15) is 5.52 Å². The summed E-state index contributed by atoms with van der Waals surface area (Å²) in [5.41, 5.74) is 12.1. The Kier molecular flexibility index (Phi) is 4.55. The van der Waals surface area contributed by atoms with Crippen molar-refractivity contribution in [2.75, 3.05) is 0 Å². The molecule has 0 aliphatic rings. The normalized spacial score (nSPS) is 12.3. The number of hydrogen-bond donors (Lipinski definition) is 0. The second-order valence-electron chi connectivity index (χ2n) is 12.2. The third-order valence-corrected chi connectivity index (χ3v) is 9.81. The van der Waals surface area contributed by atoms with Gasteiger partial charge in [-0.25, -0.2) is 9.97 Å². The summed E-state index contributed by atoms with van der Waals surface area (Å²) in [5, 5.41) is 8.63. The Labute approximate surface area is 262 Å². The monoisotopic (exact) mass is 584 g/mol. The van der Waals surface area contributed by atoms with E-state index in [-0.39, 0.29) is 0 Å². The molecule has 0 saturated carbocycles. The lowest BCUT2D eigenvalue weighted by Gasteiger charge is -2.10. The van der Waals surface area contributed by atoms with E-state index in [0.29, 0.717) is 0 Å². The first-order chi connectivity index (χ1) is 22.8. The van der Waals surface area contributed by atoms with Crippen LogP contribution in [-0.4, -0.2) is 18.9 Å². The molecular formula is C42H24N4. The summed E-state index contributed by atoms with van der Waals surface area (Å²) in [5.74, 6) is 0. The fourth-order valence-electron chi connectivity index (χ4n) is 7.79. The van der Waals surface area contributed by atoms with Gasteiger partial charge >= 0.3 is 0 Å². The lowest BCUT2D eigenvalue weighted by Crippen LogP contribution is -1.93. The van der Waals surface area contributed by atoms with Gasteiger partial charge in [-0.1, -0.05) is 97.1 Å². The number of benzene rings is 7. The average Bonchev–Trinajstić information content (AvgIpc) is 3.75. The van der Waals surface area contributed by atoms with Crippen LogP contribution in [0.25, 0.3) is 98.8 Å². The Morgan fingerprint density at radius 2 is 1.07 bits per heavy atom. The van der Waals surface area contributed by atoms with E-state index in [1.165, 1.54) is 65.7 Å². The number of aromatic nitrogens is 4. The molecule has 4 heterocycles. The van der Waals surface area contributed by atoms with E-state index in [9.17, 15) is 0 Å². The molecule has 0 saturated heterocycles. The maximum absolute atomic E-state index is 5.11. The van der Waals surface area contributed by atoms with Gasteiger partial charge in [0, 0.05) is 38.0 Å². The van der Waals surface area contributed by atoms with Gasteiger partial charge in [-0.3, -0.25) is 4.40 Å². The predicted molar refractivity (Wildman–Crippen MR) is 191 cm³/mol. The maximum atomic E-state index is 5.11. The Bertz CT molecular complexity index is 3020. The standard InChI is InChI=1S/C42H24N4/c1-2-10-28(11-3-1)45-37-21-18-26(24-34(37)31-20-17-25-9-4-5-12-29(25)40(31)45)27-19-22-38-33(23-27)30-13-8-14-32-39-42(46(38)41(30)32)44-36-16-7-6-15-35(36)43-39/h1-24H. The van der Waals surface area contributed by atoms with E-state index in [1.807, 2.05) is 24.3 Å². The van der Waals surface area contributed by atoms with E-state index in [2.05, 4.69) is 130 Å². The van der Waals surface area contributed by atoms with Crippen molar-refractivity contribution >= 4 is 82.0 Å². The third-order valence-electron chi connectivity index (χ3n) is 9.81. The maximum Gasteiger partial charge on any atom is 0.165 e. The van der Waals surface area contributed by atoms with E-state index in [0.717, 1.165) is 33.1 Å². The molecule has 0 amide bonds. The van der Waals surface area contributed by atoms with Crippen LogP contribution in [0.15, 0.2) is 146 Å². The first-order valence-electron chi connectivity index (χ1n) is 15.7. The molecule has 0 spiro atoms. The van der Waals surface area contributed by atoms with Crippen LogP contribution in [0.3, 0.4) is 0 Å². The van der Waals surface area contributed by atoms with Crippen molar-refractivity contribution in [2.45, 2.75) is 0 Å². The van der Waals surface area contributed by atoms with Crippen LogP contribution in [0, 0.1) is 0 Å². The molecule has 0 bridgehead atoms. The summed E-state index contributed by atoms with van der Waals surface area (Å²) in [6.07, 6.45) is 0. The summed E-state index contributed by atoms with van der Waals surface area (Å²) in [6.45, 7) is 0. The zero-order chi connectivity index (χ0) is 29.9. The predicted octanol–water partition coefficient (Wildman–Crippen LogP) is 10.7. The van der Waals surface area contributed by atoms with Crippen LogP contribution in [0.4, 0.5) is 0 Å². The van der Waals surface area contributed by atoms with Gasteiger partial charge in [0.2, 0.25) is 0 Å². The van der Waals surface area contributed by atoms with E-state index < -0.39 is 0 Å². The summed E-state index contributed by atoms with van der Waals surface area (Å²) >= 11 is 0. The molecule has 0 unspecified atom stereocenters. The number of para-hydroxylation sites is 4. The Balaban J connectivity index is 1.18. The first-order valence-corrected chi connectivity index (χ1v) is 15.7. The highest BCUT2D eigenvalue weighted by Gasteiger charge is 2.21. The van der Waals surface area contributed by atoms with Crippen molar-refractivity contribution in [1.82, 2.24) is 18.9 Å². The molecule has 11 aromatic rings. The minimum atomic E-state index is 0.912. The van der Waals surface area contributed by atoms with Gasteiger partial charge in [-0.05, 0) is 65.0 Å². The highest BCUT2D eigenvalue weighted by Crippen LogP contribution is 2.41. The molecule has 0 aliphatic heterocycles. The molecule has 212 valence electrons. The summed E-state index contributed by atoms with van der Waals surface area (Å²) in [6, 6.07) is 52.4. The van der Waals surface area contributed by atoms with E-state index in [4.69, 9.17) is 9.97 Å². The third kappa shape index (κ3) is 3.07. The van der Waals surface area contributed by atoms with Crippen molar-refractivity contribution in [3.63, 3.8) is 0 Å². The quantitative estimate of drug-likeness (QED) is 0.203. The fraction of sp³-hybridized carbons (Fsp3) is 0. The zero-order valence-corrected chi connectivity index (χ0v) is 24.6. The number of nitrogens with zero attached hydrogens (tertiary/aromatic N) is 4. The molecule has 7 aromatic carbocycles. The Hall–Kier alpha value is -6.26. The number of fused-ring (bicyclic) bond motifs is 12. The highest BCUT2D eigenvalue weighted by molar-refractivity contribution is 6.23. The lowest BCUT2D eigenvalue weighted by molar-refractivity contribution is 1.19. The van der Waals surface area contributed by atoms with Gasteiger partial charge in [0.05, 0.1) is 33.1 Å². The van der Waals surface area contributed by atoms with Crippen LogP contribution in [-0.2, 0) is 0 Å². The van der Waals surface area contributed by atoms with Gasteiger partial charge in [0.25, 0.3) is 0 Å². The fourth-order valence-corrected chi connectivity index (χ4v) is 7.79. The van der Waals surface area contributed by atoms with Crippen LogP contribution in [0.1, 0.15) is 0 Å². The molecule has 4 aromatic heterocycles. The minimum absolute atomic E-state index is 0.912. The first kappa shape index (κ1) is 24.1. The van der Waals surface area contributed by atoms with Crippen molar-refractivity contribution in [3.05, 3.63) is 146 Å². The second kappa shape index (κ2) is 8.68. The molecule has 0 fully saturated rings. The van der Waals surface area contributed by atoms with Crippen LogP contribution in [0.2, 0.25) is 0 Å². The molecule has 4 heteroatoms. The molecule has 0 atom stereocenters. The Morgan fingerprint density at radius 3 is 1.91 bits per heavy atom. The molecule has 0 N–H and O–H groups in total. The largest absolute Gasteiger partial charge is 0.309 e. The molecule has 0 radical (unpaired) electrons. The molecule has 4 nitrogen and oxygen atoms in total. The van der Waals surface area contributed by atoms with Crippen LogP contribution >= 0.6 is 0 Å². The van der Waals surface area contributed by atoms with Crippen LogP contribution < -0.4 is 0 Å². The van der Waals surface area contributed by atoms with Crippen LogP contribution in [0.5, 0.6) is 0 Å². The van der Waals surface area contributed by atoms with Gasteiger partial charge in [-0.15, -0.1) is 0 Å². The number of hydrogen-bond acceptors (Lipinski definition) is 2. The van der Waals surface area contributed by atoms with Gasteiger partial charge < -0.3 is 4.57 Å². The van der Waals surface area contributed by atoms with Crippen molar-refractivity contribution in [2.24, 2.45) is 0 Å². The topological polar surface area (TPSA) is 35.1 Å². The summed E-state index contributed by atoms with van der Waals surface area (Å²) in [4.78, 5) is 10.2. The SMILES string of the molecule is c1ccc(-n2c3ccc(-c4ccc5c(c4)c4cccc6c7nc8ccccc8nc7n5c46)cc3c3ccc4ccccc4c32)cc1. The smallest absolute Gasteiger partial charge is 0.165 e. The average molecular weight is 585 g/mol. The van der Waals surface area contributed by atoms with E-state index in [1.54, 1.807) is 0 Å². The second-order valence-corrected chi connectivity index (χ2v) is 12.2. The van der Waals surface area contributed by atoms with Crippen molar-refractivity contribution in [1.29, 1.82) is 0 Å².